The number of aromatic nitrogens is 2. The van der Waals surface area contributed by atoms with Gasteiger partial charge in [-0.25, -0.2) is 9.97 Å². The zero-order valence-corrected chi connectivity index (χ0v) is 16.8. The second-order valence-corrected chi connectivity index (χ2v) is 8.41. The van der Waals surface area contributed by atoms with Crippen LogP contribution in [0.5, 0.6) is 0 Å². The van der Waals surface area contributed by atoms with Gasteiger partial charge in [-0.2, -0.15) is 0 Å². The van der Waals surface area contributed by atoms with E-state index in [1.165, 1.54) is 47.5 Å². The molecule has 4 heteroatoms. The minimum Gasteiger partial charge on any atom is -0.356 e. The molecule has 0 spiro atoms. The lowest BCUT2D eigenvalue weighted by atomic mass is 9.96. The Bertz CT molecular complexity index is 769. The largest absolute Gasteiger partial charge is 0.356 e. The number of fused-ring (bicyclic) bond motifs is 1. The number of hydrogen-bond donors (Lipinski definition) is 1. The van der Waals surface area contributed by atoms with Gasteiger partial charge in [-0.3, -0.25) is 0 Å². The van der Waals surface area contributed by atoms with E-state index in [-0.39, 0.29) is 0 Å². The van der Waals surface area contributed by atoms with Gasteiger partial charge in [0.25, 0.3) is 0 Å². The maximum atomic E-state index is 5.10. The first-order valence-electron chi connectivity index (χ1n) is 10.5. The zero-order chi connectivity index (χ0) is 18.8. The molecular formula is C23H32N4. The van der Waals surface area contributed by atoms with Crippen LogP contribution in [0.15, 0.2) is 36.0 Å². The average Bonchev–Trinajstić information content (AvgIpc) is 3.42. The first-order chi connectivity index (χ1) is 13.2. The molecule has 0 radical (unpaired) electrons. The summed E-state index contributed by atoms with van der Waals surface area (Å²) in [6.45, 7) is 12.4. The second kappa shape index (κ2) is 7.97. The van der Waals surface area contributed by atoms with Crippen LogP contribution in [-0.2, 0) is 12.8 Å². The van der Waals surface area contributed by atoms with Gasteiger partial charge < -0.3 is 10.2 Å². The van der Waals surface area contributed by atoms with Crippen LogP contribution >= 0.6 is 0 Å². The minimum atomic E-state index is 0.553. The van der Waals surface area contributed by atoms with Gasteiger partial charge in [-0.05, 0) is 51.6 Å². The molecule has 1 saturated carbocycles. The van der Waals surface area contributed by atoms with E-state index in [9.17, 15) is 0 Å². The number of nitrogens with one attached hydrogen (secondary N) is 1. The van der Waals surface area contributed by atoms with Gasteiger partial charge in [0, 0.05) is 43.5 Å². The summed E-state index contributed by atoms with van der Waals surface area (Å²) in [6.07, 6.45) is 12.2. The first-order valence-corrected chi connectivity index (χ1v) is 10.5. The molecule has 1 atom stereocenters. The van der Waals surface area contributed by atoms with E-state index in [4.69, 9.17) is 9.97 Å². The predicted molar refractivity (Wildman–Crippen MR) is 112 cm³/mol. The Hall–Kier alpha value is -1.94. The molecule has 1 aliphatic carbocycles. The fourth-order valence-corrected chi connectivity index (χ4v) is 4.33. The van der Waals surface area contributed by atoms with Crippen molar-refractivity contribution in [3.8, 4) is 0 Å². The maximum absolute atomic E-state index is 5.10. The van der Waals surface area contributed by atoms with E-state index in [0.717, 1.165) is 44.8 Å². The molecule has 27 heavy (non-hydrogen) atoms. The van der Waals surface area contributed by atoms with E-state index < -0.39 is 0 Å². The Morgan fingerprint density at radius 3 is 2.70 bits per heavy atom. The van der Waals surface area contributed by atoms with Crippen LogP contribution in [0.3, 0.4) is 0 Å². The van der Waals surface area contributed by atoms with Crippen LogP contribution in [-0.4, -0.2) is 36.1 Å². The predicted octanol–water partition coefficient (Wildman–Crippen LogP) is 3.95. The highest BCUT2D eigenvalue weighted by Gasteiger charge is 2.32. The van der Waals surface area contributed by atoms with Crippen LogP contribution < -0.4 is 10.2 Å². The monoisotopic (exact) mass is 364 g/mol. The molecule has 1 aromatic heterocycles. The van der Waals surface area contributed by atoms with Crippen LogP contribution in [0.25, 0.3) is 0 Å². The van der Waals surface area contributed by atoms with Gasteiger partial charge in [0.15, 0.2) is 0 Å². The van der Waals surface area contributed by atoms with E-state index in [1.54, 1.807) is 0 Å². The van der Waals surface area contributed by atoms with Gasteiger partial charge in [0.2, 0.25) is 0 Å². The molecule has 144 valence electrons. The van der Waals surface area contributed by atoms with Gasteiger partial charge in [0.1, 0.15) is 11.6 Å². The minimum absolute atomic E-state index is 0.553. The molecular weight excluding hydrogens is 332 g/mol. The Balaban J connectivity index is 1.63. The van der Waals surface area contributed by atoms with Crippen LogP contribution in [0.2, 0.25) is 0 Å². The Kier molecular flexibility index (Phi) is 5.44. The molecule has 1 N–H and O–H groups in total. The summed E-state index contributed by atoms with van der Waals surface area (Å²) < 4.78 is 0. The van der Waals surface area contributed by atoms with Crippen molar-refractivity contribution in [1.29, 1.82) is 0 Å². The van der Waals surface area contributed by atoms with Crippen molar-refractivity contribution in [2.45, 2.75) is 51.9 Å². The summed E-state index contributed by atoms with van der Waals surface area (Å²) in [7, 11) is 0. The third-order valence-corrected chi connectivity index (χ3v) is 5.85. The smallest absolute Gasteiger partial charge is 0.135 e. The highest BCUT2D eigenvalue weighted by Crippen LogP contribution is 2.40. The quantitative estimate of drug-likeness (QED) is 0.803. The summed E-state index contributed by atoms with van der Waals surface area (Å²) in [4.78, 5) is 12.6. The van der Waals surface area contributed by atoms with E-state index in [0.29, 0.717) is 11.8 Å². The third kappa shape index (κ3) is 4.16. The van der Waals surface area contributed by atoms with Crippen LogP contribution in [0.4, 0.5) is 5.82 Å². The summed E-state index contributed by atoms with van der Waals surface area (Å²) in [5.74, 6) is 3.48. The molecule has 3 aliphatic rings. The Morgan fingerprint density at radius 2 is 1.96 bits per heavy atom. The van der Waals surface area contributed by atoms with Gasteiger partial charge in [-0.15, -0.1) is 0 Å². The third-order valence-electron chi connectivity index (χ3n) is 5.85. The van der Waals surface area contributed by atoms with Crippen molar-refractivity contribution in [3.05, 3.63) is 53.0 Å². The van der Waals surface area contributed by atoms with Crippen molar-refractivity contribution in [3.63, 3.8) is 0 Å². The van der Waals surface area contributed by atoms with Crippen molar-refractivity contribution in [1.82, 2.24) is 15.3 Å². The second-order valence-electron chi connectivity index (χ2n) is 8.41. The lowest BCUT2D eigenvalue weighted by Gasteiger charge is -2.23. The number of nitrogens with zero attached hydrogens (tertiary/aromatic N) is 3. The molecule has 4 nitrogen and oxygen atoms in total. The highest BCUT2D eigenvalue weighted by atomic mass is 15.2. The molecule has 0 aromatic carbocycles. The SMILES string of the molecule is C=C/C=C(\C=C(C)C)C1CCN(c2nc(C3CC3)nc3c2CCNCC3)C1. The van der Waals surface area contributed by atoms with Crippen LogP contribution in [0, 0.1) is 5.92 Å². The lowest BCUT2D eigenvalue weighted by Crippen LogP contribution is -2.25. The maximum Gasteiger partial charge on any atom is 0.135 e. The molecule has 3 heterocycles. The Labute approximate surface area is 163 Å². The van der Waals surface area contributed by atoms with Gasteiger partial charge in [0.05, 0.1) is 5.69 Å². The number of hydrogen-bond acceptors (Lipinski definition) is 4. The van der Waals surface area contributed by atoms with Crippen molar-refractivity contribution < 1.29 is 0 Å². The van der Waals surface area contributed by atoms with Gasteiger partial charge >= 0.3 is 0 Å². The zero-order valence-electron chi connectivity index (χ0n) is 16.8. The molecule has 1 aromatic rings. The molecule has 1 unspecified atom stereocenters. The van der Waals surface area contributed by atoms with E-state index in [1.807, 2.05) is 6.08 Å². The summed E-state index contributed by atoms with van der Waals surface area (Å²) in [6, 6.07) is 0. The molecule has 1 saturated heterocycles. The van der Waals surface area contributed by atoms with Crippen molar-refractivity contribution >= 4 is 5.82 Å². The van der Waals surface area contributed by atoms with Crippen LogP contribution in [0.1, 0.15) is 56.1 Å². The topological polar surface area (TPSA) is 41.1 Å². The standard InChI is InChI=1S/C23H32N4/c1-4-5-18(14-16(2)3)19-10-13-27(15-19)23-20-8-11-24-12-9-21(20)25-22(26-23)17-6-7-17/h4-5,14,17,19,24H,1,6-13,15H2,2-3H3/b18-5+. The number of allylic oxidation sites excluding steroid dienone is 4. The first kappa shape index (κ1) is 18.4. The molecule has 2 aliphatic heterocycles. The Morgan fingerprint density at radius 1 is 1.15 bits per heavy atom. The van der Waals surface area contributed by atoms with Crippen molar-refractivity contribution in [2.24, 2.45) is 5.92 Å². The lowest BCUT2D eigenvalue weighted by molar-refractivity contribution is 0.703. The van der Waals surface area contributed by atoms with Crippen molar-refractivity contribution in [2.75, 3.05) is 31.1 Å². The summed E-state index contributed by atoms with van der Waals surface area (Å²) in [5, 5.41) is 3.53. The molecule has 0 amide bonds. The normalized spacial score (nSPS) is 23.0. The fourth-order valence-electron chi connectivity index (χ4n) is 4.33. The van der Waals surface area contributed by atoms with E-state index in [2.05, 4.69) is 42.8 Å². The average molecular weight is 365 g/mol. The number of rotatable bonds is 5. The summed E-state index contributed by atoms with van der Waals surface area (Å²) in [5.41, 5.74) is 5.43. The molecule has 2 fully saturated rings. The number of anilines is 1. The molecule has 4 rings (SSSR count). The summed E-state index contributed by atoms with van der Waals surface area (Å²) >= 11 is 0. The van der Waals surface area contributed by atoms with E-state index >= 15 is 0 Å². The highest BCUT2D eigenvalue weighted by molar-refractivity contribution is 5.52. The molecule has 0 bridgehead atoms. The fraction of sp³-hybridized carbons (Fsp3) is 0.565. The van der Waals surface area contributed by atoms with Gasteiger partial charge in [-0.1, -0.05) is 30.4 Å².